The zero-order chi connectivity index (χ0) is 39.9. The standard InChI is InChI=1S/C59H41N/c1-5-17-42(18-6-1)44-33-36-52(37-34-44)60(53-38-35-48-40-47(31-32-49(48)41-53)46-22-15-21-45(39-46)43-19-7-2-8-20-43)57-30-16-29-56-58(57)54-27-13-14-28-55(54)59(56,50-23-9-3-10-24-50)51-25-11-4-12-26-51/h1-41H. The van der Waals surface area contributed by atoms with Crippen molar-refractivity contribution < 1.29 is 0 Å². The Morgan fingerprint density at radius 2 is 0.733 bits per heavy atom. The monoisotopic (exact) mass is 763 g/mol. The number of benzene rings is 10. The Morgan fingerprint density at radius 1 is 0.283 bits per heavy atom. The maximum atomic E-state index is 2.47. The first kappa shape index (κ1) is 35.4. The topological polar surface area (TPSA) is 3.24 Å². The van der Waals surface area contributed by atoms with E-state index in [1.807, 2.05) is 0 Å². The van der Waals surface area contributed by atoms with E-state index in [9.17, 15) is 0 Å². The molecule has 10 aromatic carbocycles. The Balaban J connectivity index is 1.10. The minimum Gasteiger partial charge on any atom is -0.310 e. The van der Waals surface area contributed by atoms with Crippen LogP contribution in [0.5, 0.6) is 0 Å². The van der Waals surface area contributed by atoms with Crippen LogP contribution >= 0.6 is 0 Å². The van der Waals surface area contributed by atoms with Crippen molar-refractivity contribution >= 4 is 27.8 Å². The number of hydrogen-bond donors (Lipinski definition) is 0. The third-order valence-corrected chi connectivity index (χ3v) is 12.3. The molecule has 0 saturated heterocycles. The lowest BCUT2D eigenvalue weighted by atomic mass is 9.68. The highest BCUT2D eigenvalue weighted by Crippen LogP contribution is 2.59. The Morgan fingerprint density at radius 3 is 1.42 bits per heavy atom. The van der Waals surface area contributed by atoms with E-state index < -0.39 is 5.41 Å². The molecule has 1 aliphatic carbocycles. The van der Waals surface area contributed by atoms with Crippen molar-refractivity contribution in [3.63, 3.8) is 0 Å². The van der Waals surface area contributed by atoms with E-state index in [4.69, 9.17) is 0 Å². The van der Waals surface area contributed by atoms with Crippen LogP contribution in [-0.2, 0) is 5.41 Å². The fraction of sp³-hybridized carbons (Fsp3) is 0.0169. The summed E-state index contributed by atoms with van der Waals surface area (Å²) in [4.78, 5) is 2.47. The van der Waals surface area contributed by atoms with Crippen molar-refractivity contribution in [3.05, 3.63) is 271 Å². The molecule has 282 valence electrons. The molecule has 10 aromatic rings. The molecule has 0 saturated carbocycles. The average Bonchev–Trinajstić information content (AvgIpc) is 3.64. The molecule has 0 atom stereocenters. The van der Waals surface area contributed by atoms with Crippen LogP contribution in [0.25, 0.3) is 55.3 Å². The van der Waals surface area contributed by atoms with Crippen molar-refractivity contribution in [2.24, 2.45) is 0 Å². The van der Waals surface area contributed by atoms with Gasteiger partial charge in [-0.1, -0.05) is 206 Å². The second-order valence-corrected chi connectivity index (χ2v) is 15.7. The van der Waals surface area contributed by atoms with Crippen LogP contribution in [0.15, 0.2) is 249 Å². The van der Waals surface area contributed by atoms with E-state index >= 15 is 0 Å². The van der Waals surface area contributed by atoms with E-state index in [-0.39, 0.29) is 0 Å². The Hall–Kier alpha value is -7.74. The van der Waals surface area contributed by atoms with E-state index in [0.29, 0.717) is 0 Å². The summed E-state index contributed by atoms with van der Waals surface area (Å²) in [5.41, 5.74) is 17.7. The lowest BCUT2D eigenvalue weighted by Gasteiger charge is -2.34. The third-order valence-electron chi connectivity index (χ3n) is 12.3. The minimum absolute atomic E-state index is 0.495. The summed E-state index contributed by atoms with van der Waals surface area (Å²) in [6, 6.07) is 91.0. The van der Waals surface area contributed by atoms with Crippen LogP contribution in [0.2, 0.25) is 0 Å². The SMILES string of the molecule is c1ccc(-c2ccc(N(c3ccc4cc(-c5cccc(-c6ccccc6)c5)ccc4c3)c3cccc4c3-c3ccccc3C4(c3ccccc3)c3ccccc3)cc2)cc1. The van der Waals surface area contributed by atoms with E-state index in [1.54, 1.807) is 0 Å². The summed E-state index contributed by atoms with van der Waals surface area (Å²) in [7, 11) is 0. The van der Waals surface area contributed by atoms with Gasteiger partial charge in [-0.05, 0) is 114 Å². The fourth-order valence-electron chi connectivity index (χ4n) is 9.58. The van der Waals surface area contributed by atoms with Crippen LogP contribution in [0.4, 0.5) is 17.1 Å². The number of nitrogens with zero attached hydrogens (tertiary/aromatic N) is 1. The van der Waals surface area contributed by atoms with Crippen molar-refractivity contribution in [2.45, 2.75) is 5.41 Å². The maximum absolute atomic E-state index is 2.47. The van der Waals surface area contributed by atoms with Crippen molar-refractivity contribution in [2.75, 3.05) is 4.90 Å². The Bertz CT molecular complexity index is 3080. The van der Waals surface area contributed by atoms with Gasteiger partial charge in [-0.2, -0.15) is 0 Å². The molecule has 0 bridgehead atoms. The number of anilines is 3. The first-order valence-electron chi connectivity index (χ1n) is 20.8. The first-order chi connectivity index (χ1) is 29.8. The van der Waals surface area contributed by atoms with Crippen LogP contribution in [0.3, 0.4) is 0 Å². The number of hydrogen-bond acceptors (Lipinski definition) is 1. The van der Waals surface area contributed by atoms with Crippen molar-refractivity contribution in [3.8, 4) is 44.5 Å². The molecule has 0 radical (unpaired) electrons. The van der Waals surface area contributed by atoms with E-state index in [2.05, 4.69) is 254 Å². The van der Waals surface area contributed by atoms with Gasteiger partial charge in [0.1, 0.15) is 0 Å². The molecular formula is C59H41N. The summed E-state index contributed by atoms with van der Waals surface area (Å²) in [6.07, 6.45) is 0. The molecule has 0 spiro atoms. The molecule has 1 heteroatoms. The van der Waals surface area contributed by atoms with Gasteiger partial charge in [0, 0.05) is 16.9 Å². The zero-order valence-electron chi connectivity index (χ0n) is 33.1. The third kappa shape index (κ3) is 5.94. The molecule has 0 N–H and O–H groups in total. The predicted molar refractivity (Wildman–Crippen MR) is 252 cm³/mol. The highest BCUT2D eigenvalue weighted by Gasteiger charge is 2.47. The van der Waals surface area contributed by atoms with Gasteiger partial charge < -0.3 is 4.90 Å². The normalized spacial score (nSPS) is 12.5. The van der Waals surface area contributed by atoms with Gasteiger partial charge in [0.15, 0.2) is 0 Å². The summed E-state index contributed by atoms with van der Waals surface area (Å²) < 4.78 is 0. The second kappa shape index (κ2) is 14.9. The van der Waals surface area contributed by atoms with Crippen LogP contribution in [0.1, 0.15) is 22.3 Å². The molecule has 0 heterocycles. The molecule has 11 rings (SSSR count). The highest BCUT2D eigenvalue weighted by molar-refractivity contribution is 5.99. The highest BCUT2D eigenvalue weighted by atomic mass is 15.1. The molecule has 1 aliphatic rings. The van der Waals surface area contributed by atoms with Gasteiger partial charge in [0.05, 0.1) is 11.1 Å². The number of fused-ring (bicyclic) bond motifs is 4. The van der Waals surface area contributed by atoms with E-state index in [0.717, 1.165) is 17.1 Å². The molecule has 0 aromatic heterocycles. The fourth-order valence-corrected chi connectivity index (χ4v) is 9.58. The molecule has 0 unspecified atom stereocenters. The summed E-state index contributed by atoms with van der Waals surface area (Å²) in [5, 5.41) is 2.40. The Labute approximate surface area is 352 Å². The van der Waals surface area contributed by atoms with Gasteiger partial charge >= 0.3 is 0 Å². The molecule has 0 fully saturated rings. The molecule has 60 heavy (non-hydrogen) atoms. The Kier molecular flexibility index (Phi) is 8.79. The van der Waals surface area contributed by atoms with Gasteiger partial charge in [-0.25, -0.2) is 0 Å². The number of rotatable bonds is 8. The quantitative estimate of drug-likeness (QED) is 0.149. The predicted octanol–water partition coefficient (Wildman–Crippen LogP) is 15.7. The van der Waals surface area contributed by atoms with E-state index in [1.165, 1.54) is 77.5 Å². The summed E-state index contributed by atoms with van der Waals surface area (Å²) in [6.45, 7) is 0. The van der Waals surface area contributed by atoms with Gasteiger partial charge in [-0.15, -0.1) is 0 Å². The average molecular weight is 764 g/mol. The van der Waals surface area contributed by atoms with Crippen LogP contribution < -0.4 is 4.90 Å². The molecular weight excluding hydrogens is 723 g/mol. The van der Waals surface area contributed by atoms with Gasteiger partial charge in [-0.3, -0.25) is 0 Å². The van der Waals surface area contributed by atoms with Gasteiger partial charge in [0.2, 0.25) is 0 Å². The maximum Gasteiger partial charge on any atom is 0.0714 e. The minimum atomic E-state index is -0.495. The van der Waals surface area contributed by atoms with Gasteiger partial charge in [0.25, 0.3) is 0 Å². The second-order valence-electron chi connectivity index (χ2n) is 15.7. The lowest BCUT2D eigenvalue weighted by Crippen LogP contribution is -2.28. The lowest BCUT2D eigenvalue weighted by molar-refractivity contribution is 0.768. The molecule has 0 amide bonds. The summed E-state index contributed by atoms with van der Waals surface area (Å²) >= 11 is 0. The van der Waals surface area contributed by atoms with Crippen molar-refractivity contribution in [1.82, 2.24) is 0 Å². The molecule has 0 aliphatic heterocycles. The first-order valence-corrected chi connectivity index (χ1v) is 20.8. The smallest absolute Gasteiger partial charge is 0.0714 e. The summed E-state index contributed by atoms with van der Waals surface area (Å²) in [5.74, 6) is 0. The molecule has 1 nitrogen and oxygen atoms in total. The van der Waals surface area contributed by atoms with Crippen LogP contribution in [-0.4, -0.2) is 0 Å². The van der Waals surface area contributed by atoms with Crippen molar-refractivity contribution in [1.29, 1.82) is 0 Å². The van der Waals surface area contributed by atoms with Crippen LogP contribution in [0, 0.1) is 0 Å². The zero-order valence-corrected chi connectivity index (χ0v) is 33.1. The largest absolute Gasteiger partial charge is 0.310 e.